The van der Waals surface area contributed by atoms with E-state index in [0.717, 1.165) is 19.3 Å². The smallest absolute Gasteiger partial charge is 0.230 e. The van der Waals surface area contributed by atoms with Gasteiger partial charge in [0, 0.05) is 6.04 Å². The molecule has 0 aliphatic heterocycles. The van der Waals surface area contributed by atoms with Crippen LogP contribution >= 0.6 is 0 Å². The largest absolute Gasteiger partial charge is 0.392 e. The second kappa shape index (κ2) is 5.40. The van der Waals surface area contributed by atoms with Crippen molar-refractivity contribution in [1.82, 2.24) is 0 Å². The van der Waals surface area contributed by atoms with Crippen molar-refractivity contribution in [3.8, 4) is 0 Å². The first kappa shape index (κ1) is 13.4. The molecule has 4 nitrogen and oxygen atoms in total. The highest BCUT2D eigenvalue weighted by Gasteiger charge is 2.32. The van der Waals surface area contributed by atoms with Gasteiger partial charge < -0.3 is 15.7 Å². The Labute approximate surface area is 117 Å². The zero-order valence-electron chi connectivity index (χ0n) is 11.2. The molecule has 0 aromatic heterocycles. The fourth-order valence-electron chi connectivity index (χ4n) is 2.66. The summed E-state index contributed by atoms with van der Waals surface area (Å²) in [6, 6.07) is 4.68. The predicted octanol–water partition coefficient (Wildman–Crippen LogP) is 2.50. The van der Waals surface area contributed by atoms with Crippen LogP contribution in [0.3, 0.4) is 0 Å². The molecule has 1 aromatic rings. The summed E-state index contributed by atoms with van der Waals surface area (Å²) in [6.07, 6.45) is 3.84. The van der Waals surface area contributed by atoms with Crippen molar-refractivity contribution in [3.63, 3.8) is 0 Å². The summed E-state index contributed by atoms with van der Waals surface area (Å²) in [7, 11) is 0. The first-order chi connectivity index (χ1) is 9.63. The molecule has 0 spiro atoms. The number of amides is 1. The first-order valence-electron chi connectivity index (χ1n) is 7.18. The number of hydrogen-bond acceptors (Lipinski definition) is 3. The molecular formula is C15H19FN2O2. The van der Waals surface area contributed by atoms with Gasteiger partial charge in [0.2, 0.25) is 5.91 Å². The van der Waals surface area contributed by atoms with Gasteiger partial charge in [-0.3, -0.25) is 4.79 Å². The molecule has 0 heterocycles. The minimum Gasteiger partial charge on any atom is -0.392 e. The fraction of sp³-hybridized carbons (Fsp3) is 0.533. The van der Waals surface area contributed by atoms with E-state index >= 15 is 0 Å². The summed E-state index contributed by atoms with van der Waals surface area (Å²) in [5.41, 5.74) is 1.20. The van der Waals surface area contributed by atoms with E-state index in [2.05, 4.69) is 10.6 Å². The van der Waals surface area contributed by atoms with Crippen LogP contribution in [-0.2, 0) is 4.79 Å². The van der Waals surface area contributed by atoms with Crippen LogP contribution in [0.5, 0.6) is 0 Å². The van der Waals surface area contributed by atoms with Gasteiger partial charge in [0.25, 0.3) is 0 Å². The van der Waals surface area contributed by atoms with E-state index in [-0.39, 0.29) is 17.6 Å². The lowest BCUT2D eigenvalue weighted by Crippen LogP contribution is -2.29. The van der Waals surface area contributed by atoms with Crippen LogP contribution in [0, 0.1) is 11.7 Å². The van der Waals surface area contributed by atoms with Crippen LogP contribution in [-0.4, -0.2) is 23.2 Å². The Morgan fingerprint density at radius 3 is 2.65 bits per heavy atom. The molecule has 0 bridgehead atoms. The Morgan fingerprint density at radius 2 is 2.00 bits per heavy atom. The van der Waals surface area contributed by atoms with Gasteiger partial charge in [-0.1, -0.05) is 0 Å². The maximum Gasteiger partial charge on any atom is 0.230 e. The molecule has 2 saturated carbocycles. The number of benzene rings is 1. The van der Waals surface area contributed by atoms with Gasteiger partial charge >= 0.3 is 0 Å². The Morgan fingerprint density at radius 1 is 1.20 bits per heavy atom. The van der Waals surface area contributed by atoms with Gasteiger partial charge in [0.05, 0.1) is 23.4 Å². The molecule has 3 N–H and O–H groups in total. The van der Waals surface area contributed by atoms with E-state index in [9.17, 15) is 14.3 Å². The SMILES string of the molecule is O=C(Nc1ccc(F)cc1NC1CC1)C1CCCC1O. The van der Waals surface area contributed by atoms with Crippen molar-refractivity contribution in [3.05, 3.63) is 24.0 Å². The van der Waals surface area contributed by atoms with Crippen molar-refractivity contribution in [2.75, 3.05) is 10.6 Å². The van der Waals surface area contributed by atoms with Gasteiger partial charge in [-0.25, -0.2) is 4.39 Å². The molecule has 2 atom stereocenters. The molecule has 0 radical (unpaired) electrons. The maximum absolute atomic E-state index is 13.3. The molecule has 20 heavy (non-hydrogen) atoms. The van der Waals surface area contributed by atoms with Gasteiger partial charge in [-0.15, -0.1) is 0 Å². The number of aliphatic hydroxyl groups is 1. The monoisotopic (exact) mass is 278 g/mol. The number of carbonyl (C=O) groups is 1. The topological polar surface area (TPSA) is 61.4 Å². The van der Waals surface area contributed by atoms with Crippen LogP contribution in [0.1, 0.15) is 32.1 Å². The number of nitrogens with one attached hydrogen (secondary N) is 2. The van der Waals surface area contributed by atoms with Gasteiger partial charge in [0.15, 0.2) is 0 Å². The van der Waals surface area contributed by atoms with Crippen LogP contribution in [0.25, 0.3) is 0 Å². The van der Waals surface area contributed by atoms with Crippen LogP contribution < -0.4 is 10.6 Å². The predicted molar refractivity (Wildman–Crippen MR) is 75.0 cm³/mol. The molecule has 0 saturated heterocycles. The highest BCUT2D eigenvalue weighted by molar-refractivity contribution is 5.96. The van der Waals surface area contributed by atoms with E-state index in [0.29, 0.717) is 30.3 Å². The second-order valence-corrected chi connectivity index (χ2v) is 5.70. The summed E-state index contributed by atoms with van der Waals surface area (Å²) < 4.78 is 13.3. The normalized spacial score (nSPS) is 25.5. The summed E-state index contributed by atoms with van der Waals surface area (Å²) in [6.45, 7) is 0. The second-order valence-electron chi connectivity index (χ2n) is 5.70. The Kier molecular flexibility index (Phi) is 3.61. The van der Waals surface area contributed by atoms with E-state index in [1.54, 1.807) is 6.07 Å². The lowest BCUT2D eigenvalue weighted by atomic mass is 10.1. The van der Waals surface area contributed by atoms with Crippen molar-refractivity contribution in [1.29, 1.82) is 0 Å². The van der Waals surface area contributed by atoms with E-state index in [1.807, 2.05) is 0 Å². The zero-order chi connectivity index (χ0) is 14.1. The van der Waals surface area contributed by atoms with Crippen LogP contribution in [0.2, 0.25) is 0 Å². The molecule has 1 aromatic carbocycles. The Hall–Kier alpha value is -1.62. The maximum atomic E-state index is 13.3. The standard InChI is InChI=1S/C15H19FN2O2/c16-9-4-7-12(13(8-9)17-10-5-6-10)18-15(20)11-2-1-3-14(11)19/h4,7-8,10-11,14,17,19H,1-3,5-6H2,(H,18,20). The van der Waals surface area contributed by atoms with Crippen molar-refractivity contribution in [2.24, 2.45) is 5.92 Å². The number of anilines is 2. The molecule has 1 amide bonds. The van der Waals surface area contributed by atoms with E-state index in [1.165, 1.54) is 12.1 Å². The van der Waals surface area contributed by atoms with Gasteiger partial charge in [-0.05, 0) is 50.3 Å². The third-order valence-corrected chi connectivity index (χ3v) is 3.99. The van der Waals surface area contributed by atoms with E-state index in [4.69, 9.17) is 0 Å². The first-order valence-corrected chi connectivity index (χ1v) is 7.18. The highest BCUT2D eigenvalue weighted by atomic mass is 19.1. The van der Waals surface area contributed by atoms with Crippen molar-refractivity contribution >= 4 is 17.3 Å². The molecule has 3 rings (SSSR count). The van der Waals surface area contributed by atoms with Crippen molar-refractivity contribution < 1.29 is 14.3 Å². The lowest BCUT2D eigenvalue weighted by molar-refractivity contribution is -0.122. The Bertz CT molecular complexity index is 517. The Balaban J connectivity index is 1.73. The van der Waals surface area contributed by atoms with Crippen LogP contribution in [0.4, 0.5) is 15.8 Å². The quantitative estimate of drug-likeness (QED) is 0.793. The minimum absolute atomic E-state index is 0.180. The fourth-order valence-corrected chi connectivity index (χ4v) is 2.66. The third-order valence-electron chi connectivity index (χ3n) is 3.99. The van der Waals surface area contributed by atoms with Crippen LogP contribution in [0.15, 0.2) is 18.2 Å². The average molecular weight is 278 g/mol. The third kappa shape index (κ3) is 2.93. The summed E-state index contributed by atoms with van der Waals surface area (Å²) >= 11 is 0. The minimum atomic E-state index is -0.560. The molecule has 2 aliphatic carbocycles. The lowest BCUT2D eigenvalue weighted by Gasteiger charge is -2.17. The summed E-state index contributed by atoms with van der Waals surface area (Å²) in [5, 5.41) is 15.8. The number of aliphatic hydroxyl groups excluding tert-OH is 1. The number of rotatable bonds is 4. The molecule has 2 unspecified atom stereocenters. The average Bonchev–Trinajstić information content (AvgIpc) is 3.12. The van der Waals surface area contributed by atoms with Gasteiger partial charge in [-0.2, -0.15) is 0 Å². The summed E-state index contributed by atoms with van der Waals surface area (Å²) in [5.74, 6) is -0.860. The molecule has 5 heteroatoms. The molecule has 2 fully saturated rings. The zero-order valence-corrected chi connectivity index (χ0v) is 11.2. The van der Waals surface area contributed by atoms with Crippen molar-refractivity contribution in [2.45, 2.75) is 44.2 Å². The number of halogens is 1. The molecule has 108 valence electrons. The highest BCUT2D eigenvalue weighted by Crippen LogP contribution is 2.32. The molecular weight excluding hydrogens is 259 g/mol. The summed E-state index contributed by atoms with van der Waals surface area (Å²) in [4.78, 5) is 12.2. The number of hydrogen-bond donors (Lipinski definition) is 3. The van der Waals surface area contributed by atoms with E-state index < -0.39 is 6.10 Å². The molecule has 2 aliphatic rings. The number of carbonyl (C=O) groups excluding carboxylic acids is 1. The van der Waals surface area contributed by atoms with Gasteiger partial charge in [0.1, 0.15) is 5.82 Å².